The van der Waals surface area contributed by atoms with Crippen molar-refractivity contribution in [2.45, 2.75) is 71.0 Å². The molecule has 7 atom stereocenters. The molecule has 5 fully saturated rings. The number of benzene rings is 1. The van der Waals surface area contributed by atoms with Crippen LogP contribution in [0.25, 0.3) is 0 Å². The minimum absolute atomic E-state index is 0.101. The van der Waals surface area contributed by atoms with E-state index in [0.717, 1.165) is 11.3 Å². The summed E-state index contributed by atoms with van der Waals surface area (Å²) in [6.07, 6.45) is 2.23. The summed E-state index contributed by atoms with van der Waals surface area (Å²) in [5.74, 6) is -2.28. The number of ether oxygens (including phenoxy) is 3. The summed E-state index contributed by atoms with van der Waals surface area (Å²) in [5.41, 5.74) is -0.485. The number of nitrogens with zero attached hydrogens (tertiary/aromatic N) is 1. The number of hydrogen-bond acceptors (Lipinski definition) is 8. The fourth-order valence-corrected chi connectivity index (χ4v) is 9.78. The molecular formula is C34H41Cl2NO7. The molecule has 238 valence electrons. The minimum atomic E-state index is -1.69. The molecule has 6 rings (SSSR count). The van der Waals surface area contributed by atoms with Gasteiger partial charge in [-0.3, -0.25) is 19.2 Å². The van der Waals surface area contributed by atoms with E-state index in [4.69, 9.17) is 37.4 Å². The zero-order chi connectivity index (χ0) is 31.4. The van der Waals surface area contributed by atoms with Crippen molar-refractivity contribution in [2.24, 2.45) is 34.0 Å². The lowest BCUT2D eigenvalue weighted by molar-refractivity contribution is -0.247. The number of rotatable bonds is 10. The Kier molecular flexibility index (Phi) is 8.32. The van der Waals surface area contributed by atoms with E-state index in [0.29, 0.717) is 68.9 Å². The molecule has 1 aromatic rings. The molecule has 0 aromatic heterocycles. The summed E-state index contributed by atoms with van der Waals surface area (Å²) < 4.78 is 17.9. The highest BCUT2D eigenvalue weighted by atomic mass is 35.5. The van der Waals surface area contributed by atoms with Crippen LogP contribution in [0.5, 0.6) is 0 Å². The number of halogens is 2. The Morgan fingerprint density at radius 2 is 1.77 bits per heavy atom. The van der Waals surface area contributed by atoms with E-state index in [-0.39, 0.29) is 24.4 Å². The van der Waals surface area contributed by atoms with E-state index in [1.807, 2.05) is 38.1 Å². The number of Topliss-reactive ketones (excluding diaryl/α,β-unsaturated/α-hetero) is 1. The average molecular weight is 647 g/mol. The summed E-state index contributed by atoms with van der Waals surface area (Å²) in [6, 6.07) is 8.12. The predicted octanol–water partition coefficient (Wildman–Crippen LogP) is 5.26. The minimum Gasteiger partial charge on any atom is -0.465 e. The van der Waals surface area contributed by atoms with E-state index in [1.54, 1.807) is 0 Å². The summed E-state index contributed by atoms with van der Waals surface area (Å²) in [5, 5.41) is 0. The zero-order valence-electron chi connectivity index (χ0n) is 25.4. The maximum Gasteiger partial charge on any atom is 0.324 e. The summed E-state index contributed by atoms with van der Waals surface area (Å²) in [4.78, 5) is 56.7. The second kappa shape index (κ2) is 11.7. The Balaban J connectivity index is 1.19. The van der Waals surface area contributed by atoms with Crippen LogP contribution in [0.15, 0.2) is 36.4 Å². The van der Waals surface area contributed by atoms with Crippen LogP contribution in [0.1, 0.15) is 57.9 Å². The average Bonchev–Trinajstić information content (AvgIpc) is 3.40. The number of alkyl halides is 2. The number of carbonyl (C=O) groups is 4. The first-order chi connectivity index (χ1) is 21.0. The normalized spacial score (nSPS) is 34.9. The van der Waals surface area contributed by atoms with Gasteiger partial charge in [-0.2, -0.15) is 0 Å². The Morgan fingerprint density at radius 1 is 1.07 bits per heavy atom. The van der Waals surface area contributed by atoms with Crippen LogP contribution in [-0.2, 0) is 39.8 Å². The van der Waals surface area contributed by atoms with Gasteiger partial charge in [0, 0.05) is 42.9 Å². The van der Waals surface area contributed by atoms with Crippen LogP contribution in [0.4, 0.5) is 5.69 Å². The van der Waals surface area contributed by atoms with Gasteiger partial charge >= 0.3 is 17.9 Å². The lowest BCUT2D eigenvalue weighted by Gasteiger charge is -2.61. The van der Waals surface area contributed by atoms with Crippen molar-refractivity contribution < 1.29 is 33.4 Å². The first-order valence-corrected chi connectivity index (χ1v) is 16.9. The van der Waals surface area contributed by atoms with Gasteiger partial charge in [-0.25, -0.2) is 0 Å². The number of cyclic esters (lactones) is 1. The summed E-state index contributed by atoms with van der Waals surface area (Å²) in [6.45, 7) is 9.67. The van der Waals surface area contributed by atoms with Crippen molar-refractivity contribution in [3.8, 4) is 0 Å². The van der Waals surface area contributed by atoms with E-state index in [2.05, 4.69) is 11.5 Å². The Hall–Kier alpha value is -2.58. The van der Waals surface area contributed by atoms with Crippen molar-refractivity contribution in [2.75, 3.05) is 36.4 Å². The third kappa shape index (κ3) is 4.60. The molecule has 44 heavy (non-hydrogen) atoms. The first-order valence-electron chi connectivity index (χ1n) is 15.8. The molecule has 2 spiro atoms. The van der Waals surface area contributed by atoms with Crippen LogP contribution < -0.4 is 4.90 Å². The molecule has 0 amide bonds. The van der Waals surface area contributed by atoms with Crippen LogP contribution in [0.3, 0.4) is 0 Å². The van der Waals surface area contributed by atoms with Gasteiger partial charge in [-0.15, -0.1) is 23.2 Å². The number of carbonyl (C=O) groups excluding carboxylic acids is 4. The van der Waals surface area contributed by atoms with Gasteiger partial charge in [0.1, 0.15) is 18.8 Å². The smallest absolute Gasteiger partial charge is 0.324 e. The SMILES string of the molecule is C=C1C(=O)[C@@]23C(=O)O[C@H]4CCC(C)(C)[C@H]5C(=O)OC[C@@]45[C@@H]2CC[C@@H]1[C@H]3OC(=O)CCCc1ccc(N(CCCl)CCCl)cc1. The fourth-order valence-electron chi connectivity index (χ4n) is 9.37. The first kappa shape index (κ1) is 31.4. The van der Waals surface area contributed by atoms with Gasteiger partial charge in [-0.1, -0.05) is 32.6 Å². The number of fused-ring (bicyclic) bond motifs is 1. The Morgan fingerprint density at radius 3 is 2.45 bits per heavy atom. The zero-order valence-corrected chi connectivity index (χ0v) is 27.0. The Labute approximate surface area is 268 Å². The molecule has 0 radical (unpaired) electrons. The summed E-state index contributed by atoms with van der Waals surface area (Å²) >= 11 is 11.9. The molecule has 0 N–H and O–H groups in total. The van der Waals surface area contributed by atoms with Gasteiger partial charge < -0.3 is 19.1 Å². The lowest BCUT2D eigenvalue weighted by atomic mass is 9.43. The summed E-state index contributed by atoms with van der Waals surface area (Å²) in [7, 11) is 0. The third-order valence-corrected chi connectivity index (χ3v) is 11.6. The molecule has 2 heterocycles. The standard InChI is InChI=1S/C34H41Cl2NO7/c1-20-23-11-12-24-33-19-42-30(40)27(33)32(2,3)14-13-25(33)43-31(41)34(24,28(20)39)29(23)44-26(38)6-4-5-21-7-9-22(10-8-21)37(17-15-35)18-16-36/h7-10,23-25,27,29H,1,4-6,11-19H2,2-3H3/t23-,24-,25-,27+,29+,33+,34-/m0/s1. The van der Waals surface area contributed by atoms with Crippen LogP contribution in [-0.4, -0.2) is 67.4 Å². The number of esters is 3. The van der Waals surface area contributed by atoms with Crippen molar-refractivity contribution >= 4 is 52.6 Å². The predicted molar refractivity (Wildman–Crippen MR) is 165 cm³/mol. The van der Waals surface area contributed by atoms with Crippen molar-refractivity contribution in [3.05, 3.63) is 42.0 Å². The fraction of sp³-hybridized carbons (Fsp3) is 0.647. The van der Waals surface area contributed by atoms with Crippen LogP contribution in [0, 0.1) is 34.0 Å². The highest BCUT2D eigenvalue weighted by Gasteiger charge is 2.81. The molecule has 2 aliphatic heterocycles. The second-order valence-corrected chi connectivity index (χ2v) is 14.6. The van der Waals surface area contributed by atoms with Crippen molar-refractivity contribution in [1.82, 2.24) is 0 Å². The van der Waals surface area contributed by atoms with E-state index in [1.165, 1.54) is 0 Å². The molecule has 1 aromatic carbocycles. The van der Waals surface area contributed by atoms with Gasteiger partial charge in [0.05, 0.1) is 11.3 Å². The van der Waals surface area contributed by atoms with Crippen LogP contribution in [0.2, 0.25) is 0 Å². The maximum atomic E-state index is 14.1. The van der Waals surface area contributed by atoms with E-state index >= 15 is 0 Å². The lowest BCUT2D eigenvalue weighted by Crippen LogP contribution is -2.71. The topological polar surface area (TPSA) is 99.2 Å². The highest BCUT2D eigenvalue weighted by Crippen LogP contribution is 2.71. The molecular weight excluding hydrogens is 605 g/mol. The molecule has 5 aliphatic rings. The van der Waals surface area contributed by atoms with Crippen LogP contribution >= 0.6 is 23.2 Å². The van der Waals surface area contributed by atoms with Crippen molar-refractivity contribution in [1.29, 1.82) is 0 Å². The van der Waals surface area contributed by atoms with E-state index in [9.17, 15) is 19.2 Å². The maximum absolute atomic E-state index is 14.1. The quantitative estimate of drug-likeness (QED) is 0.112. The number of hydrogen-bond donors (Lipinski definition) is 0. The van der Waals surface area contributed by atoms with Gasteiger partial charge in [0.25, 0.3) is 0 Å². The van der Waals surface area contributed by atoms with Gasteiger partial charge in [-0.05, 0) is 73.1 Å². The molecule has 3 aliphatic carbocycles. The molecule has 10 heteroatoms. The Bertz CT molecular complexity index is 1360. The van der Waals surface area contributed by atoms with E-state index < -0.39 is 58.5 Å². The molecule has 0 unspecified atom stereocenters. The number of aryl methyl sites for hydroxylation is 1. The monoisotopic (exact) mass is 645 g/mol. The highest BCUT2D eigenvalue weighted by molar-refractivity contribution is 6.18. The van der Waals surface area contributed by atoms with Gasteiger partial charge in [0.15, 0.2) is 11.2 Å². The second-order valence-electron chi connectivity index (χ2n) is 13.8. The molecule has 8 nitrogen and oxygen atoms in total. The molecule has 2 bridgehead atoms. The van der Waals surface area contributed by atoms with Gasteiger partial charge in [0.2, 0.25) is 0 Å². The number of ketones is 1. The number of anilines is 1. The largest absolute Gasteiger partial charge is 0.465 e. The molecule has 3 saturated carbocycles. The molecule has 2 saturated heterocycles. The van der Waals surface area contributed by atoms with Crippen molar-refractivity contribution in [3.63, 3.8) is 0 Å². The third-order valence-electron chi connectivity index (χ3n) is 11.3.